The number of halogens is 1. The van der Waals surface area contributed by atoms with Crippen LogP contribution in [0.15, 0.2) is 18.3 Å². The molecule has 5 heteroatoms. The molecule has 0 aliphatic heterocycles. The number of nitrogens with zero attached hydrogens (tertiary/aromatic N) is 1. The Hall–Kier alpha value is -1.00. The number of hydrogen-bond donors (Lipinski definition) is 1. The van der Waals surface area contributed by atoms with Gasteiger partial charge in [-0.1, -0.05) is 6.92 Å². The average Bonchev–Trinajstić information content (AvgIpc) is 2.38. The summed E-state index contributed by atoms with van der Waals surface area (Å²) in [6.45, 7) is 3.35. The summed E-state index contributed by atoms with van der Waals surface area (Å²) in [6, 6.07) is 3.92. The Bertz CT molecular complexity index is 331. The second-order valence-corrected chi connectivity index (χ2v) is 4.35. The number of ether oxygens (including phenoxy) is 2. The molecule has 18 heavy (non-hydrogen) atoms. The minimum absolute atomic E-state index is 0.145. The number of hydrogen-bond acceptors (Lipinski definition) is 4. The lowest BCUT2D eigenvalue weighted by molar-refractivity contribution is 0.184. The molecule has 0 saturated carbocycles. The van der Waals surface area contributed by atoms with E-state index in [0.717, 1.165) is 24.4 Å². The molecule has 4 nitrogen and oxygen atoms in total. The molecule has 1 aromatic heterocycles. The molecule has 0 radical (unpaired) electrons. The first kappa shape index (κ1) is 15.1. The number of methoxy groups -OCH3 is 1. The highest BCUT2D eigenvalue weighted by Crippen LogP contribution is 2.22. The molecule has 0 aliphatic rings. The topological polar surface area (TPSA) is 43.4 Å². The van der Waals surface area contributed by atoms with Crippen molar-refractivity contribution in [1.29, 1.82) is 0 Å². The molecule has 0 aliphatic carbocycles. The molecule has 1 aromatic rings. The van der Waals surface area contributed by atoms with E-state index in [9.17, 15) is 0 Å². The summed E-state index contributed by atoms with van der Waals surface area (Å²) in [5, 5.41) is 3.31. The van der Waals surface area contributed by atoms with E-state index < -0.39 is 0 Å². The lowest BCUT2D eigenvalue weighted by Crippen LogP contribution is -2.26. The van der Waals surface area contributed by atoms with Gasteiger partial charge in [0.2, 0.25) is 0 Å². The predicted octanol–water partition coefficient (Wildman–Crippen LogP) is 2.93. The third kappa shape index (κ3) is 5.10. The highest BCUT2D eigenvalue weighted by molar-refractivity contribution is 6.17. The van der Waals surface area contributed by atoms with Crippen LogP contribution in [0, 0.1) is 0 Å². The zero-order chi connectivity index (χ0) is 13.2. The zero-order valence-corrected chi connectivity index (χ0v) is 11.7. The van der Waals surface area contributed by atoms with Gasteiger partial charge in [-0.05, 0) is 25.0 Å². The van der Waals surface area contributed by atoms with Gasteiger partial charge in [0.15, 0.2) is 11.6 Å². The van der Waals surface area contributed by atoms with Gasteiger partial charge in [-0.2, -0.15) is 0 Å². The van der Waals surface area contributed by atoms with E-state index in [1.165, 1.54) is 0 Å². The summed E-state index contributed by atoms with van der Waals surface area (Å²) in [5.74, 6) is 2.10. The lowest BCUT2D eigenvalue weighted by atomic mass is 10.2. The number of rotatable bonds is 9. The van der Waals surface area contributed by atoms with E-state index in [0.29, 0.717) is 19.1 Å². The van der Waals surface area contributed by atoms with E-state index in [4.69, 9.17) is 21.1 Å². The van der Waals surface area contributed by atoms with Gasteiger partial charge in [-0.3, -0.25) is 0 Å². The average molecular weight is 273 g/mol. The third-order valence-electron chi connectivity index (χ3n) is 2.40. The van der Waals surface area contributed by atoms with Crippen LogP contribution in [0.3, 0.4) is 0 Å². The van der Waals surface area contributed by atoms with Gasteiger partial charge >= 0.3 is 0 Å². The Kier molecular flexibility index (Phi) is 7.53. The normalized spacial score (nSPS) is 12.2. The lowest BCUT2D eigenvalue weighted by Gasteiger charge is -2.19. The van der Waals surface area contributed by atoms with Gasteiger partial charge in [-0.25, -0.2) is 4.98 Å². The molecule has 0 spiro atoms. The van der Waals surface area contributed by atoms with Crippen molar-refractivity contribution in [2.45, 2.75) is 25.8 Å². The second-order valence-electron chi connectivity index (χ2n) is 3.97. The highest BCUT2D eigenvalue weighted by Gasteiger charge is 2.11. The minimum atomic E-state index is 0.145. The van der Waals surface area contributed by atoms with Crippen molar-refractivity contribution in [3.63, 3.8) is 0 Å². The predicted molar refractivity (Wildman–Crippen MR) is 74.6 cm³/mol. The van der Waals surface area contributed by atoms with Crippen molar-refractivity contribution >= 4 is 17.4 Å². The number of nitrogens with one attached hydrogen (secondary N) is 1. The van der Waals surface area contributed by atoms with Crippen LogP contribution in [-0.2, 0) is 4.74 Å². The van der Waals surface area contributed by atoms with Crippen molar-refractivity contribution < 1.29 is 9.47 Å². The maximum atomic E-state index is 5.77. The van der Waals surface area contributed by atoms with Crippen molar-refractivity contribution in [2.75, 3.05) is 31.5 Å². The fourth-order valence-electron chi connectivity index (χ4n) is 1.55. The molecule has 0 fully saturated rings. The monoisotopic (exact) mass is 272 g/mol. The number of pyridine rings is 1. The van der Waals surface area contributed by atoms with Crippen LogP contribution in [-0.4, -0.2) is 37.2 Å². The first-order chi connectivity index (χ1) is 8.81. The molecule has 0 saturated heterocycles. The second kappa shape index (κ2) is 9.00. The van der Waals surface area contributed by atoms with Crippen LogP contribution in [0.2, 0.25) is 0 Å². The van der Waals surface area contributed by atoms with Crippen molar-refractivity contribution in [1.82, 2.24) is 4.98 Å². The summed E-state index contributed by atoms with van der Waals surface area (Å²) in [4.78, 5) is 4.30. The molecule has 1 N–H and O–H groups in total. The molecule has 1 atom stereocenters. The van der Waals surface area contributed by atoms with Crippen molar-refractivity contribution in [3.05, 3.63) is 18.3 Å². The first-order valence-corrected chi connectivity index (χ1v) is 6.74. The quantitative estimate of drug-likeness (QED) is 0.702. The maximum absolute atomic E-state index is 5.77. The molecule has 1 unspecified atom stereocenters. The number of anilines is 1. The summed E-state index contributed by atoms with van der Waals surface area (Å²) in [5.41, 5.74) is 0. The Balaban J connectivity index is 2.67. The van der Waals surface area contributed by atoms with Gasteiger partial charge in [0.1, 0.15) is 0 Å². The van der Waals surface area contributed by atoms with Crippen molar-refractivity contribution in [2.24, 2.45) is 0 Å². The Labute approximate surface area is 114 Å². The van der Waals surface area contributed by atoms with Crippen LogP contribution < -0.4 is 10.1 Å². The Morgan fingerprint density at radius 1 is 1.50 bits per heavy atom. The Morgan fingerprint density at radius 2 is 2.33 bits per heavy atom. The summed E-state index contributed by atoms with van der Waals surface area (Å²) in [6.07, 6.45) is 3.53. The SMILES string of the molecule is CCCOc1cccnc1NC(CCCl)COC. The van der Waals surface area contributed by atoms with Crippen LogP contribution in [0.1, 0.15) is 19.8 Å². The number of aromatic nitrogens is 1. The maximum Gasteiger partial charge on any atom is 0.169 e. The van der Waals surface area contributed by atoms with Gasteiger partial charge in [0.25, 0.3) is 0 Å². The summed E-state index contributed by atoms with van der Waals surface area (Å²) >= 11 is 5.77. The summed E-state index contributed by atoms with van der Waals surface area (Å²) < 4.78 is 10.8. The van der Waals surface area contributed by atoms with E-state index >= 15 is 0 Å². The van der Waals surface area contributed by atoms with Crippen molar-refractivity contribution in [3.8, 4) is 5.75 Å². The number of alkyl halides is 1. The van der Waals surface area contributed by atoms with Gasteiger partial charge in [0, 0.05) is 19.2 Å². The van der Waals surface area contributed by atoms with Gasteiger partial charge in [0.05, 0.1) is 19.3 Å². The van der Waals surface area contributed by atoms with E-state index in [2.05, 4.69) is 17.2 Å². The fourth-order valence-corrected chi connectivity index (χ4v) is 1.81. The Morgan fingerprint density at radius 3 is 3.00 bits per heavy atom. The highest BCUT2D eigenvalue weighted by atomic mass is 35.5. The molecule has 0 bridgehead atoms. The molecule has 0 amide bonds. The van der Waals surface area contributed by atoms with Crippen LogP contribution in [0.25, 0.3) is 0 Å². The van der Waals surface area contributed by atoms with Crippen LogP contribution >= 0.6 is 11.6 Å². The first-order valence-electron chi connectivity index (χ1n) is 6.21. The minimum Gasteiger partial charge on any atom is -0.490 e. The van der Waals surface area contributed by atoms with Crippen LogP contribution in [0.4, 0.5) is 5.82 Å². The molecule has 1 rings (SSSR count). The largest absolute Gasteiger partial charge is 0.490 e. The van der Waals surface area contributed by atoms with E-state index in [1.54, 1.807) is 13.3 Å². The molecular weight excluding hydrogens is 252 g/mol. The molecule has 0 aromatic carbocycles. The van der Waals surface area contributed by atoms with E-state index in [1.807, 2.05) is 12.1 Å². The zero-order valence-electron chi connectivity index (χ0n) is 11.0. The summed E-state index contributed by atoms with van der Waals surface area (Å²) in [7, 11) is 1.68. The van der Waals surface area contributed by atoms with Gasteiger partial charge < -0.3 is 14.8 Å². The molecular formula is C13H21ClN2O2. The fraction of sp³-hybridized carbons (Fsp3) is 0.615. The van der Waals surface area contributed by atoms with E-state index in [-0.39, 0.29) is 6.04 Å². The molecule has 1 heterocycles. The third-order valence-corrected chi connectivity index (χ3v) is 2.62. The van der Waals surface area contributed by atoms with Gasteiger partial charge in [-0.15, -0.1) is 11.6 Å². The standard InChI is InChI=1S/C13H21ClN2O2/c1-3-9-18-12-5-4-8-15-13(12)16-11(6-7-14)10-17-2/h4-5,8,11H,3,6-7,9-10H2,1-2H3,(H,15,16). The molecule has 102 valence electrons. The smallest absolute Gasteiger partial charge is 0.169 e. The van der Waals surface area contributed by atoms with Crippen LogP contribution in [0.5, 0.6) is 5.75 Å².